The summed E-state index contributed by atoms with van der Waals surface area (Å²) in [7, 11) is 1.79. The van der Waals surface area contributed by atoms with E-state index in [1.807, 2.05) is 6.92 Å². The molecule has 0 aromatic carbocycles. The van der Waals surface area contributed by atoms with Crippen molar-refractivity contribution in [2.24, 2.45) is 0 Å². The summed E-state index contributed by atoms with van der Waals surface area (Å²) in [6, 6.07) is 0.253. The number of aromatic amines is 1. The first-order chi connectivity index (χ1) is 11.4. The van der Waals surface area contributed by atoms with Crippen LogP contribution in [0.2, 0.25) is 0 Å². The fourth-order valence-corrected chi connectivity index (χ4v) is 4.30. The quantitative estimate of drug-likeness (QED) is 0.820. The number of methoxy groups -OCH3 is 1. The molecule has 0 bridgehead atoms. The van der Waals surface area contributed by atoms with Gasteiger partial charge in [0.2, 0.25) is 0 Å². The molecule has 24 heavy (non-hydrogen) atoms. The Balaban J connectivity index is 1.73. The highest BCUT2D eigenvalue weighted by atomic mass is 16.5. The fourth-order valence-electron chi connectivity index (χ4n) is 4.30. The number of hydrogen-bond donors (Lipinski definition) is 2. The molecule has 2 aliphatic rings. The van der Waals surface area contributed by atoms with Crippen molar-refractivity contribution in [3.63, 3.8) is 0 Å². The minimum Gasteiger partial charge on any atom is -0.480 e. The van der Waals surface area contributed by atoms with Gasteiger partial charge in [-0.1, -0.05) is 0 Å². The topological polar surface area (TPSA) is 87.7 Å². The molecule has 1 aliphatic carbocycles. The van der Waals surface area contributed by atoms with Gasteiger partial charge in [-0.05, 0) is 39.5 Å². The summed E-state index contributed by atoms with van der Waals surface area (Å²) in [5, 5.41) is 16.2. The third-order valence-corrected chi connectivity index (χ3v) is 5.74. The largest absolute Gasteiger partial charge is 0.480 e. The number of aromatic nitrogens is 2. The molecule has 0 unspecified atom stereocenters. The lowest BCUT2D eigenvalue weighted by atomic mass is 9.79. The average Bonchev–Trinajstić information content (AvgIpc) is 3.08. The summed E-state index contributed by atoms with van der Waals surface area (Å²) in [6.45, 7) is 5.67. The number of fused-ring (bicyclic) bond motifs is 1. The molecule has 1 saturated carbocycles. The van der Waals surface area contributed by atoms with Crippen LogP contribution in [0.5, 0.6) is 0 Å². The van der Waals surface area contributed by atoms with Gasteiger partial charge in [-0.2, -0.15) is 5.10 Å². The number of hydrogen-bond acceptors (Lipinski definition) is 5. The van der Waals surface area contributed by atoms with E-state index in [0.29, 0.717) is 0 Å². The van der Waals surface area contributed by atoms with E-state index in [2.05, 4.69) is 22.0 Å². The molecule has 0 radical (unpaired) electrons. The fraction of sp³-hybridized carbons (Fsp3) is 0.765. The molecule has 1 aromatic rings. The monoisotopic (exact) mass is 337 g/mol. The summed E-state index contributed by atoms with van der Waals surface area (Å²) in [4.78, 5) is 13.2. The summed E-state index contributed by atoms with van der Waals surface area (Å²) < 4.78 is 11.5. The Hall–Kier alpha value is -1.44. The van der Waals surface area contributed by atoms with Crippen molar-refractivity contribution in [3.8, 4) is 0 Å². The third-order valence-electron chi connectivity index (χ3n) is 5.74. The van der Waals surface area contributed by atoms with Crippen molar-refractivity contribution in [1.82, 2.24) is 15.1 Å². The van der Waals surface area contributed by atoms with Crippen molar-refractivity contribution in [2.75, 3.05) is 20.3 Å². The Bertz CT molecular complexity index is 583. The summed E-state index contributed by atoms with van der Waals surface area (Å²) >= 11 is 0. The van der Waals surface area contributed by atoms with E-state index < -0.39 is 5.97 Å². The van der Waals surface area contributed by atoms with E-state index in [1.165, 1.54) is 5.56 Å². The van der Waals surface area contributed by atoms with Gasteiger partial charge in [0.05, 0.1) is 17.4 Å². The van der Waals surface area contributed by atoms with Crippen molar-refractivity contribution in [3.05, 3.63) is 17.0 Å². The van der Waals surface area contributed by atoms with E-state index in [1.54, 1.807) is 7.11 Å². The molecule has 3 atom stereocenters. The molecule has 0 amide bonds. The van der Waals surface area contributed by atoms with Crippen LogP contribution in [0.15, 0.2) is 0 Å². The Morgan fingerprint density at radius 1 is 1.46 bits per heavy atom. The zero-order valence-electron chi connectivity index (χ0n) is 14.7. The first kappa shape index (κ1) is 17.4. The molecule has 2 N–H and O–H groups in total. The van der Waals surface area contributed by atoms with E-state index in [-0.39, 0.29) is 24.4 Å². The third kappa shape index (κ3) is 3.20. The van der Waals surface area contributed by atoms with Crippen LogP contribution >= 0.6 is 0 Å². The SMILES string of the molecule is CO[C@@]12CC[C@H](OCC(=O)O)C[C@@H]1N(Cc1c(C)n[nH]c1C)CC2. The Morgan fingerprint density at radius 2 is 2.25 bits per heavy atom. The number of rotatable bonds is 6. The van der Waals surface area contributed by atoms with Crippen LogP contribution < -0.4 is 0 Å². The van der Waals surface area contributed by atoms with Gasteiger partial charge >= 0.3 is 5.97 Å². The predicted octanol–water partition coefficient (Wildman–Crippen LogP) is 1.64. The molecule has 0 spiro atoms. The van der Waals surface area contributed by atoms with Gasteiger partial charge < -0.3 is 14.6 Å². The highest BCUT2D eigenvalue weighted by molar-refractivity contribution is 5.68. The number of carbonyl (C=O) groups is 1. The molecule has 1 aliphatic heterocycles. The highest BCUT2D eigenvalue weighted by Gasteiger charge is 2.51. The number of H-pyrrole nitrogens is 1. The molecule has 134 valence electrons. The lowest BCUT2D eigenvalue weighted by molar-refractivity contribution is -0.148. The number of aliphatic carboxylic acids is 1. The standard InChI is InChI=1S/C17H27N3O4/c1-11-14(12(2)19-18-11)9-20-7-6-17(23-3)5-4-13(8-15(17)20)24-10-16(21)22/h13,15H,4-10H2,1-3H3,(H,18,19)(H,21,22)/t13-,15-,17+/m0/s1. The van der Waals surface area contributed by atoms with Gasteiger partial charge in [0.25, 0.3) is 0 Å². The summed E-state index contributed by atoms with van der Waals surface area (Å²) in [5.41, 5.74) is 3.26. The van der Waals surface area contributed by atoms with Crippen LogP contribution in [0.3, 0.4) is 0 Å². The van der Waals surface area contributed by atoms with E-state index in [0.717, 1.165) is 50.2 Å². The maximum atomic E-state index is 10.8. The summed E-state index contributed by atoms with van der Waals surface area (Å²) in [6.07, 6.45) is 3.59. The van der Waals surface area contributed by atoms with Crippen LogP contribution in [-0.2, 0) is 20.8 Å². The number of carboxylic acid groups (broad SMARTS) is 1. The first-order valence-corrected chi connectivity index (χ1v) is 8.58. The number of ether oxygens (including phenoxy) is 2. The van der Waals surface area contributed by atoms with Crippen molar-refractivity contribution in [1.29, 1.82) is 0 Å². The molecular weight excluding hydrogens is 310 g/mol. The second-order valence-electron chi connectivity index (χ2n) is 7.02. The van der Waals surface area contributed by atoms with Gasteiger partial charge in [0.15, 0.2) is 0 Å². The first-order valence-electron chi connectivity index (χ1n) is 8.58. The van der Waals surface area contributed by atoms with E-state index in [9.17, 15) is 4.79 Å². The van der Waals surface area contributed by atoms with Crippen molar-refractivity contribution < 1.29 is 19.4 Å². The van der Waals surface area contributed by atoms with Gasteiger partial charge in [0, 0.05) is 37.5 Å². The average molecular weight is 337 g/mol. The lowest BCUT2D eigenvalue weighted by Gasteiger charge is -2.43. The van der Waals surface area contributed by atoms with Crippen molar-refractivity contribution in [2.45, 2.75) is 63.8 Å². The summed E-state index contributed by atoms with van der Waals surface area (Å²) in [5.74, 6) is -0.911. The maximum absolute atomic E-state index is 10.8. The predicted molar refractivity (Wildman–Crippen MR) is 87.8 cm³/mol. The smallest absolute Gasteiger partial charge is 0.329 e. The Morgan fingerprint density at radius 3 is 2.88 bits per heavy atom. The molecule has 1 saturated heterocycles. The number of nitrogens with zero attached hydrogens (tertiary/aromatic N) is 2. The Kier molecular flexibility index (Phi) is 4.94. The van der Waals surface area contributed by atoms with Gasteiger partial charge in [0.1, 0.15) is 6.61 Å². The maximum Gasteiger partial charge on any atom is 0.329 e. The minimum atomic E-state index is -0.911. The van der Waals surface area contributed by atoms with Gasteiger partial charge in [-0.3, -0.25) is 10.00 Å². The van der Waals surface area contributed by atoms with Gasteiger partial charge in [-0.15, -0.1) is 0 Å². The zero-order chi connectivity index (χ0) is 17.3. The number of carboxylic acids is 1. The number of likely N-dealkylation sites (tertiary alicyclic amines) is 1. The molecule has 2 heterocycles. The molecule has 3 rings (SSSR count). The van der Waals surface area contributed by atoms with Crippen LogP contribution in [0.4, 0.5) is 0 Å². The van der Waals surface area contributed by atoms with Crippen molar-refractivity contribution >= 4 is 5.97 Å². The molecular formula is C17H27N3O4. The lowest BCUT2D eigenvalue weighted by Crippen LogP contribution is -2.51. The van der Waals surface area contributed by atoms with Crippen LogP contribution in [-0.4, -0.2) is 64.2 Å². The van der Waals surface area contributed by atoms with Gasteiger partial charge in [-0.25, -0.2) is 4.79 Å². The zero-order valence-corrected chi connectivity index (χ0v) is 14.7. The number of aryl methyl sites for hydroxylation is 2. The second-order valence-corrected chi connectivity index (χ2v) is 7.02. The molecule has 7 nitrogen and oxygen atoms in total. The molecule has 7 heteroatoms. The highest BCUT2D eigenvalue weighted by Crippen LogP contribution is 2.43. The minimum absolute atomic E-state index is 0.0125. The van der Waals surface area contributed by atoms with E-state index >= 15 is 0 Å². The van der Waals surface area contributed by atoms with Crippen LogP contribution in [0.25, 0.3) is 0 Å². The molecule has 1 aromatic heterocycles. The Labute approximate surface area is 142 Å². The number of nitrogens with one attached hydrogen (secondary N) is 1. The van der Waals surface area contributed by atoms with E-state index in [4.69, 9.17) is 14.6 Å². The van der Waals surface area contributed by atoms with Crippen LogP contribution in [0.1, 0.15) is 42.6 Å². The normalized spacial score (nSPS) is 30.5. The second kappa shape index (κ2) is 6.82. The molecule has 2 fully saturated rings. The van der Waals surface area contributed by atoms with Crippen LogP contribution in [0, 0.1) is 13.8 Å².